The van der Waals surface area contributed by atoms with Gasteiger partial charge in [0.1, 0.15) is 24.7 Å². The highest BCUT2D eigenvalue weighted by atomic mass is 16.7. The fourth-order valence-electron chi connectivity index (χ4n) is 2.22. The first-order valence-electron chi connectivity index (χ1n) is 7.37. The summed E-state index contributed by atoms with van der Waals surface area (Å²) in [6.07, 6.45) is 0. The quantitative estimate of drug-likeness (QED) is 0.562. The molecule has 0 saturated heterocycles. The summed E-state index contributed by atoms with van der Waals surface area (Å²) in [4.78, 5) is 11.4. The molecule has 6 nitrogen and oxygen atoms in total. The third-order valence-corrected chi connectivity index (χ3v) is 3.45. The van der Waals surface area contributed by atoms with Crippen molar-refractivity contribution >= 4 is 5.97 Å². The monoisotopic (exact) mass is 332 g/mol. The summed E-state index contributed by atoms with van der Waals surface area (Å²) in [6, 6.07) is 16.0. The average molecular weight is 332 g/mol. The molecular formula is C18H20O6. The Morgan fingerprint density at radius 2 is 1.38 bits per heavy atom. The Bertz CT molecular complexity index is 634. The van der Waals surface area contributed by atoms with Gasteiger partial charge in [0.2, 0.25) is 0 Å². The third kappa shape index (κ3) is 4.04. The van der Waals surface area contributed by atoms with Gasteiger partial charge in [-0.2, -0.15) is 0 Å². The van der Waals surface area contributed by atoms with Gasteiger partial charge in [-0.1, -0.05) is 18.2 Å². The second-order valence-corrected chi connectivity index (χ2v) is 4.86. The molecule has 6 heteroatoms. The van der Waals surface area contributed by atoms with Gasteiger partial charge < -0.3 is 24.1 Å². The molecule has 0 atom stereocenters. The number of carboxylic acids is 1. The minimum absolute atomic E-state index is 0.368. The minimum Gasteiger partial charge on any atom is -0.490 e. The van der Waals surface area contributed by atoms with E-state index in [1.165, 1.54) is 14.2 Å². The second-order valence-electron chi connectivity index (χ2n) is 4.86. The van der Waals surface area contributed by atoms with Crippen LogP contribution in [0.25, 0.3) is 0 Å². The number of aliphatic carboxylic acids is 1. The highest BCUT2D eigenvalue weighted by molar-refractivity contribution is 5.77. The van der Waals surface area contributed by atoms with Crippen LogP contribution >= 0.6 is 0 Å². The lowest BCUT2D eigenvalue weighted by Gasteiger charge is -2.26. The first kappa shape index (κ1) is 17.8. The molecule has 2 rings (SSSR count). The molecule has 0 heterocycles. The molecule has 0 spiro atoms. The molecule has 2 aromatic carbocycles. The number of rotatable bonds is 9. The van der Waals surface area contributed by atoms with E-state index >= 15 is 0 Å². The summed E-state index contributed by atoms with van der Waals surface area (Å²) in [7, 11) is 2.56. The molecule has 2 aromatic rings. The maximum absolute atomic E-state index is 11.4. The van der Waals surface area contributed by atoms with Crippen LogP contribution in [0.3, 0.4) is 0 Å². The predicted molar refractivity (Wildman–Crippen MR) is 87.2 cm³/mol. The first-order valence-corrected chi connectivity index (χ1v) is 7.37. The Balaban J connectivity index is 1.91. The second kappa shape index (κ2) is 8.33. The Morgan fingerprint density at radius 3 is 1.83 bits per heavy atom. The van der Waals surface area contributed by atoms with E-state index in [-0.39, 0.29) is 0 Å². The van der Waals surface area contributed by atoms with Gasteiger partial charge in [-0.15, -0.1) is 0 Å². The molecule has 0 aliphatic rings. The zero-order valence-electron chi connectivity index (χ0n) is 13.6. The summed E-state index contributed by atoms with van der Waals surface area (Å²) >= 11 is 0. The zero-order valence-corrected chi connectivity index (χ0v) is 13.6. The van der Waals surface area contributed by atoms with Crippen molar-refractivity contribution in [3.8, 4) is 11.5 Å². The maximum atomic E-state index is 11.4. The smallest absolute Gasteiger partial charge is 0.369 e. The number of hydrogen-bond acceptors (Lipinski definition) is 5. The van der Waals surface area contributed by atoms with Crippen LogP contribution in [0.2, 0.25) is 0 Å². The molecular weight excluding hydrogens is 312 g/mol. The van der Waals surface area contributed by atoms with Crippen molar-refractivity contribution in [2.75, 3.05) is 27.4 Å². The summed E-state index contributed by atoms with van der Waals surface area (Å²) in [5.74, 6) is -1.67. The van der Waals surface area contributed by atoms with Crippen LogP contribution in [0.1, 0.15) is 5.56 Å². The van der Waals surface area contributed by atoms with Crippen molar-refractivity contribution in [3.63, 3.8) is 0 Å². The number of methoxy groups -OCH3 is 2. The van der Waals surface area contributed by atoms with Gasteiger partial charge in [-0.3, -0.25) is 0 Å². The highest BCUT2D eigenvalue weighted by Gasteiger charge is 2.41. The molecule has 128 valence electrons. The van der Waals surface area contributed by atoms with E-state index in [1.54, 1.807) is 24.3 Å². The van der Waals surface area contributed by atoms with Crippen molar-refractivity contribution in [2.45, 2.75) is 5.79 Å². The largest absolute Gasteiger partial charge is 0.490 e. The number of benzene rings is 2. The van der Waals surface area contributed by atoms with Crippen molar-refractivity contribution < 1.29 is 28.8 Å². The third-order valence-electron chi connectivity index (χ3n) is 3.45. The lowest BCUT2D eigenvalue weighted by molar-refractivity contribution is -0.231. The fraction of sp³-hybridized carbons (Fsp3) is 0.278. The van der Waals surface area contributed by atoms with Gasteiger partial charge in [0, 0.05) is 19.8 Å². The van der Waals surface area contributed by atoms with Crippen LogP contribution in [-0.4, -0.2) is 38.5 Å². The van der Waals surface area contributed by atoms with Gasteiger partial charge in [-0.25, -0.2) is 4.79 Å². The first-order chi connectivity index (χ1) is 11.6. The van der Waals surface area contributed by atoms with E-state index < -0.39 is 11.8 Å². The van der Waals surface area contributed by atoms with Gasteiger partial charge in [0.15, 0.2) is 0 Å². The van der Waals surface area contributed by atoms with Gasteiger partial charge in [0.25, 0.3) is 5.79 Å². The summed E-state index contributed by atoms with van der Waals surface area (Å²) in [5.41, 5.74) is 0.368. The van der Waals surface area contributed by atoms with E-state index in [9.17, 15) is 9.90 Å². The van der Waals surface area contributed by atoms with Crippen LogP contribution in [0.4, 0.5) is 0 Å². The minimum atomic E-state index is -1.82. The van der Waals surface area contributed by atoms with Crippen molar-refractivity contribution in [1.29, 1.82) is 0 Å². The molecule has 0 radical (unpaired) electrons. The number of para-hydroxylation sites is 1. The molecule has 0 unspecified atom stereocenters. The number of ether oxygens (including phenoxy) is 4. The number of hydrogen-bond donors (Lipinski definition) is 1. The van der Waals surface area contributed by atoms with Crippen LogP contribution in [0.5, 0.6) is 11.5 Å². The van der Waals surface area contributed by atoms with Gasteiger partial charge in [0.05, 0.1) is 0 Å². The maximum Gasteiger partial charge on any atom is 0.369 e. The van der Waals surface area contributed by atoms with E-state index in [2.05, 4.69) is 0 Å². The summed E-state index contributed by atoms with van der Waals surface area (Å²) < 4.78 is 21.2. The molecule has 0 aliphatic heterocycles. The lowest BCUT2D eigenvalue weighted by Crippen LogP contribution is -2.39. The Morgan fingerprint density at radius 1 is 0.875 bits per heavy atom. The Labute approximate surface area is 140 Å². The number of carbonyl (C=O) groups is 1. The van der Waals surface area contributed by atoms with Crippen molar-refractivity contribution in [3.05, 3.63) is 60.2 Å². The average Bonchev–Trinajstić information content (AvgIpc) is 2.62. The summed E-state index contributed by atoms with van der Waals surface area (Å²) in [6.45, 7) is 0.772. The number of carboxylic acid groups (broad SMARTS) is 1. The molecule has 1 N–H and O–H groups in total. The zero-order chi connectivity index (χ0) is 17.4. The molecule has 0 bridgehead atoms. The van der Waals surface area contributed by atoms with Gasteiger partial charge >= 0.3 is 5.97 Å². The molecule has 0 amide bonds. The molecule has 0 aliphatic carbocycles. The predicted octanol–water partition coefficient (Wildman–Crippen LogP) is 2.67. The lowest BCUT2D eigenvalue weighted by atomic mass is 10.1. The molecule has 24 heavy (non-hydrogen) atoms. The Hall–Kier alpha value is -2.57. The van der Waals surface area contributed by atoms with E-state index in [0.717, 1.165) is 5.75 Å². The van der Waals surface area contributed by atoms with E-state index in [0.29, 0.717) is 24.5 Å². The molecule has 0 saturated carbocycles. The normalized spacial score (nSPS) is 11.1. The van der Waals surface area contributed by atoms with Crippen LogP contribution in [0.15, 0.2) is 54.6 Å². The topological polar surface area (TPSA) is 74.2 Å². The summed E-state index contributed by atoms with van der Waals surface area (Å²) in [5, 5.41) is 9.33. The standard InChI is InChI=1S/C18H20O6/c1-21-18(22-2,17(19)20)14-8-10-16(11-9-14)24-13-12-23-15-6-4-3-5-7-15/h3-11H,12-13H2,1-2H3,(H,19,20). The fourth-order valence-corrected chi connectivity index (χ4v) is 2.22. The van der Waals surface area contributed by atoms with Crippen LogP contribution in [0, 0.1) is 0 Å². The van der Waals surface area contributed by atoms with Gasteiger partial charge in [-0.05, 0) is 36.4 Å². The highest BCUT2D eigenvalue weighted by Crippen LogP contribution is 2.28. The van der Waals surface area contributed by atoms with Crippen LogP contribution in [-0.2, 0) is 20.1 Å². The van der Waals surface area contributed by atoms with E-state index in [4.69, 9.17) is 18.9 Å². The molecule has 0 fully saturated rings. The molecule has 0 aromatic heterocycles. The van der Waals surface area contributed by atoms with Crippen molar-refractivity contribution in [2.24, 2.45) is 0 Å². The van der Waals surface area contributed by atoms with Crippen molar-refractivity contribution in [1.82, 2.24) is 0 Å². The Kier molecular flexibility index (Phi) is 6.17. The SMILES string of the molecule is COC(OC)(C(=O)O)c1ccc(OCCOc2ccccc2)cc1. The van der Waals surface area contributed by atoms with Crippen LogP contribution < -0.4 is 9.47 Å². The van der Waals surface area contributed by atoms with E-state index in [1.807, 2.05) is 30.3 Å².